The van der Waals surface area contributed by atoms with Crippen LogP contribution in [0.1, 0.15) is 71.4 Å². The van der Waals surface area contributed by atoms with Gasteiger partial charge in [-0.3, -0.25) is 0 Å². The Labute approximate surface area is 131 Å². The van der Waals surface area contributed by atoms with E-state index >= 15 is 0 Å². The summed E-state index contributed by atoms with van der Waals surface area (Å²) in [5.41, 5.74) is 1.38. The second-order valence-electron chi connectivity index (χ2n) is 5.77. The van der Waals surface area contributed by atoms with E-state index in [1.54, 1.807) is 0 Å². The molecule has 120 valence electrons. The fourth-order valence-electron chi connectivity index (χ4n) is 3.04. The Kier molecular flexibility index (Phi) is 9.16. The van der Waals surface area contributed by atoms with Crippen LogP contribution in [0.5, 0.6) is 5.75 Å². The summed E-state index contributed by atoms with van der Waals surface area (Å²) in [4.78, 5) is 0. The van der Waals surface area contributed by atoms with Crippen LogP contribution < -0.4 is 10.1 Å². The molecule has 1 N–H and O–H groups in total. The van der Waals surface area contributed by atoms with Gasteiger partial charge in [0.05, 0.1) is 6.61 Å². The molecule has 2 nitrogen and oxygen atoms in total. The number of nitrogens with one attached hydrogen (secondary N) is 1. The van der Waals surface area contributed by atoms with Crippen LogP contribution in [-0.4, -0.2) is 13.2 Å². The van der Waals surface area contributed by atoms with E-state index in [1.807, 2.05) is 6.92 Å². The Morgan fingerprint density at radius 3 is 2.29 bits per heavy atom. The van der Waals surface area contributed by atoms with Crippen LogP contribution in [0.3, 0.4) is 0 Å². The molecule has 1 unspecified atom stereocenters. The molecule has 0 saturated carbocycles. The van der Waals surface area contributed by atoms with E-state index in [-0.39, 0.29) is 0 Å². The number of rotatable bonds is 11. The number of benzene rings is 1. The zero-order valence-electron chi connectivity index (χ0n) is 14.3. The Morgan fingerprint density at radius 2 is 1.71 bits per heavy atom. The maximum atomic E-state index is 5.67. The molecule has 0 spiro atoms. The molecule has 1 atom stereocenters. The molecule has 0 radical (unpaired) electrons. The van der Waals surface area contributed by atoms with Gasteiger partial charge in [-0.15, -0.1) is 0 Å². The van der Waals surface area contributed by atoms with Crippen molar-refractivity contribution in [3.63, 3.8) is 0 Å². The van der Waals surface area contributed by atoms with Gasteiger partial charge in [0.2, 0.25) is 0 Å². The summed E-state index contributed by atoms with van der Waals surface area (Å²) in [5.74, 6) is 1.70. The van der Waals surface area contributed by atoms with Gasteiger partial charge >= 0.3 is 0 Å². The van der Waals surface area contributed by atoms with Gasteiger partial charge < -0.3 is 10.1 Å². The van der Waals surface area contributed by atoms with Gasteiger partial charge in [0.1, 0.15) is 5.75 Å². The van der Waals surface area contributed by atoms with E-state index in [0.29, 0.717) is 12.0 Å². The normalized spacial score (nSPS) is 12.6. The Bertz CT molecular complexity index is 372. The van der Waals surface area contributed by atoms with E-state index in [1.165, 1.54) is 37.7 Å². The molecule has 0 fully saturated rings. The van der Waals surface area contributed by atoms with Crippen LogP contribution in [-0.2, 0) is 0 Å². The molecule has 0 amide bonds. The van der Waals surface area contributed by atoms with Crippen molar-refractivity contribution in [2.45, 2.75) is 65.8 Å². The largest absolute Gasteiger partial charge is 0.494 e. The van der Waals surface area contributed by atoms with Crippen molar-refractivity contribution in [2.75, 3.05) is 13.2 Å². The second kappa shape index (κ2) is 10.7. The van der Waals surface area contributed by atoms with Crippen molar-refractivity contribution >= 4 is 0 Å². The van der Waals surface area contributed by atoms with Crippen molar-refractivity contribution in [3.8, 4) is 5.75 Å². The standard InChI is InChI=1S/C19H33NO/c1-5-10-16(11-6-2)19(20-14-7-3)17-12-9-13-18(15-17)21-8-4/h9,12-13,15-16,19-20H,5-8,10-11,14H2,1-4H3. The van der Waals surface area contributed by atoms with Crippen molar-refractivity contribution < 1.29 is 4.74 Å². The quantitative estimate of drug-likeness (QED) is 0.594. The van der Waals surface area contributed by atoms with Gasteiger partial charge in [-0.05, 0) is 56.3 Å². The van der Waals surface area contributed by atoms with Crippen molar-refractivity contribution in [3.05, 3.63) is 29.8 Å². The lowest BCUT2D eigenvalue weighted by molar-refractivity contribution is 0.312. The zero-order chi connectivity index (χ0) is 15.5. The average molecular weight is 291 g/mol. The highest BCUT2D eigenvalue weighted by Gasteiger charge is 2.21. The van der Waals surface area contributed by atoms with Crippen LogP contribution in [0.4, 0.5) is 0 Å². The number of hydrogen-bond acceptors (Lipinski definition) is 2. The Balaban J connectivity index is 2.95. The lowest BCUT2D eigenvalue weighted by Gasteiger charge is -2.29. The summed E-state index contributed by atoms with van der Waals surface area (Å²) >= 11 is 0. The predicted octanol–water partition coefficient (Wildman–Crippen LogP) is 5.34. The summed E-state index contributed by atoms with van der Waals surface area (Å²) in [7, 11) is 0. The third kappa shape index (κ3) is 6.09. The lowest BCUT2D eigenvalue weighted by Crippen LogP contribution is -2.29. The molecule has 0 heterocycles. The van der Waals surface area contributed by atoms with Crippen molar-refractivity contribution in [1.29, 1.82) is 0 Å². The molecule has 0 aliphatic carbocycles. The minimum atomic E-state index is 0.449. The average Bonchev–Trinajstić information content (AvgIpc) is 2.49. The summed E-state index contributed by atoms with van der Waals surface area (Å²) in [6.07, 6.45) is 6.25. The van der Waals surface area contributed by atoms with Crippen LogP contribution in [0.25, 0.3) is 0 Å². The number of hydrogen-bond donors (Lipinski definition) is 1. The van der Waals surface area contributed by atoms with E-state index in [9.17, 15) is 0 Å². The van der Waals surface area contributed by atoms with Crippen LogP contribution in [0.2, 0.25) is 0 Å². The molecule has 0 aliphatic rings. The maximum absolute atomic E-state index is 5.67. The first kappa shape index (κ1) is 18.0. The van der Waals surface area contributed by atoms with Crippen molar-refractivity contribution in [1.82, 2.24) is 5.32 Å². The van der Waals surface area contributed by atoms with Gasteiger partial charge in [-0.1, -0.05) is 45.7 Å². The molecule has 21 heavy (non-hydrogen) atoms. The Hall–Kier alpha value is -1.02. The first-order valence-electron chi connectivity index (χ1n) is 8.72. The van der Waals surface area contributed by atoms with Gasteiger partial charge in [-0.2, -0.15) is 0 Å². The molecule has 1 rings (SSSR count). The highest BCUT2D eigenvalue weighted by atomic mass is 16.5. The van der Waals surface area contributed by atoms with E-state index in [0.717, 1.165) is 18.9 Å². The SMILES string of the molecule is CCCNC(c1cccc(OCC)c1)C(CCC)CCC. The summed E-state index contributed by atoms with van der Waals surface area (Å²) in [5, 5.41) is 3.77. The van der Waals surface area contributed by atoms with Gasteiger partial charge in [-0.25, -0.2) is 0 Å². The summed E-state index contributed by atoms with van der Waals surface area (Å²) < 4.78 is 5.67. The molecule has 1 aromatic rings. The highest BCUT2D eigenvalue weighted by Crippen LogP contribution is 2.31. The molecule has 0 aliphatic heterocycles. The lowest BCUT2D eigenvalue weighted by atomic mass is 9.86. The molecular weight excluding hydrogens is 258 g/mol. The van der Waals surface area contributed by atoms with Crippen molar-refractivity contribution in [2.24, 2.45) is 5.92 Å². The maximum Gasteiger partial charge on any atom is 0.119 e. The third-order valence-corrected chi connectivity index (χ3v) is 3.93. The van der Waals surface area contributed by atoms with E-state index in [2.05, 4.69) is 50.4 Å². The zero-order valence-corrected chi connectivity index (χ0v) is 14.3. The van der Waals surface area contributed by atoms with Crippen LogP contribution in [0.15, 0.2) is 24.3 Å². The minimum Gasteiger partial charge on any atom is -0.494 e. The molecule has 0 bridgehead atoms. The monoisotopic (exact) mass is 291 g/mol. The van der Waals surface area contributed by atoms with E-state index < -0.39 is 0 Å². The van der Waals surface area contributed by atoms with E-state index in [4.69, 9.17) is 4.74 Å². The van der Waals surface area contributed by atoms with Gasteiger partial charge in [0.15, 0.2) is 0 Å². The fourth-order valence-corrected chi connectivity index (χ4v) is 3.04. The molecule has 1 aromatic carbocycles. The first-order chi connectivity index (χ1) is 10.3. The fraction of sp³-hybridized carbons (Fsp3) is 0.684. The summed E-state index contributed by atoms with van der Waals surface area (Å²) in [6.45, 7) is 10.6. The summed E-state index contributed by atoms with van der Waals surface area (Å²) in [6, 6.07) is 9.09. The first-order valence-corrected chi connectivity index (χ1v) is 8.72. The number of ether oxygens (including phenoxy) is 1. The predicted molar refractivity (Wildman–Crippen MR) is 92.0 cm³/mol. The minimum absolute atomic E-state index is 0.449. The second-order valence-corrected chi connectivity index (χ2v) is 5.77. The molecule has 2 heteroatoms. The molecular formula is C19H33NO. The highest BCUT2D eigenvalue weighted by molar-refractivity contribution is 5.31. The third-order valence-electron chi connectivity index (χ3n) is 3.93. The molecule has 0 aromatic heterocycles. The Morgan fingerprint density at radius 1 is 1.00 bits per heavy atom. The van der Waals surface area contributed by atoms with Gasteiger partial charge in [0, 0.05) is 6.04 Å². The van der Waals surface area contributed by atoms with Crippen LogP contribution >= 0.6 is 0 Å². The van der Waals surface area contributed by atoms with Gasteiger partial charge in [0.25, 0.3) is 0 Å². The van der Waals surface area contributed by atoms with Crippen LogP contribution in [0, 0.1) is 5.92 Å². The topological polar surface area (TPSA) is 21.3 Å². The smallest absolute Gasteiger partial charge is 0.119 e. The molecule has 0 saturated heterocycles.